The van der Waals surface area contributed by atoms with Crippen LogP contribution in [-0.2, 0) is 0 Å². The van der Waals surface area contributed by atoms with Gasteiger partial charge in [0.25, 0.3) is 0 Å². The van der Waals surface area contributed by atoms with E-state index >= 15 is 0 Å². The predicted octanol–water partition coefficient (Wildman–Crippen LogP) is 3.28. The first kappa shape index (κ1) is 12.9. The predicted molar refractivity (Wildman–Crippen MR) is 71.0 cm³/mol. The Hall–Kier alpha value is -0.570. The fraction of sp³-hybridized carbons (Fsp3) is 0.571. The molecule has 94 valence electrons. The van der Waals surface area contributed by atoms with Crippen LogP contribution in [0.15, 0.2) is 24.3 Å². The van der Waals surface area contributed by atoms with Gasteiger partial charge in [-0.3, -0.25) is 0 Å². The summed E-state index contributed by atoms with van der Waals surface area (Å²) >= 11 is 6.11. The van der Waals surface area contributed by atoms with E-state index in [-0.39, 0.29) is 6.04 Å². The highest BCUT2D eigenvalue weighted by molar-refractivity contribution is 6.31. The molecule has 0 spiro atoms. The smallest absolute Gasteiger partial charge is 0.0761 e. The van der Waals surface area contributed by atoms with Gasteiger partial charge in [-0.1, -0.05) is 49.1 Å². The average molecular weight is 254 g/mol. The molecule has 2 atom stereocenters. The van der Waals surface area contributed by atoms with Gasteiger partial charge in [0.2, 0.25) is 0 Å². The van der Waals surface area contributed by atoms with Crippen LogP contribution in [-0.4, -0.2) is 11.2 Å². The number of rotatable bonds is 3. The van der Waals surface area contributed by atoms with Crippen LogP contribution in [0.5, 0.6) is 0 Å². The summed E-state index contributed by atoms with van der Waals surface area (Å²) in [6.07, 6.45) is 5.38. The second kappa shape index (κ2) is 5.85. The lowest BCUT2D eigenvalue weighted by Crippen LogP contribution is -2.34. The average Bonchev–Trinajstić information content (AvgIpc) is 2.39. The first-order chi connectivity index (χ1) is 8.20. The van der Waals surface area contributed by atoms with Gasteiger partial charge in [-0.2, -0.15) is 0 Å². The maximum absolute atomic E-state index is 10.3. The largest absolute Gasteiger partial charge is 0.391 e. The summed E-state index contributed by atoms with van der Waals surface area (Å²) in [7, 11) is 0. The van der Waals surface area contributed by atoms with E-state index in [1.54, 1.807) is 0 Å². The highest BCUT2D eigenvalue weighted by Crippen LogP contribution is 2.33. The van der Waals surface area contributed by atoms with Crippen LogP contribution in [0.4, 0.5) is 0 Å². The molecule has 2 nitrogen and oxygen atoms in total. The van der Waals surface area contributed by atoms with Gasteiger partial charge in [-0.25, -0.2) is 0 Å². The normalized spacial score (nSPS) is 21.1. The van der Waals surface area contributed by atoms with Crippen molar-refractivity contribution in [1.29, 1.82) is 0 Å². The molecular formula is C14H20ClNO. The van der Waals surface area contributed by atoms with Crippen LogP contribution in [0, 0.1) is 5.92 Å². The molecule has 2 rings (SSSR count). The van der Waals surface area contributed by atoms with E-state index in [9.17, 15) is 5.11 Å². The molecule has 1 aromatic rings. The van der Waals surface area contributed by atoms with Gasteiger partial charge < -0.3 is 10.8 Å². The lowest BCUT2D eigenvalue weighted by molar-refractivity contribution is 0.0618. The minimum absolute atomic E-state index is 0.329. The molecule has 1 aromatic carbocycles. The summed E-state index contributed by atoms with van der Waals surface area (Å²) in [4.78, 5) is 0. The SMILES string of the molecule is N[C@H](c1ccccc1Cl)[C@@H](O)C1CCCCC1. The van der Waals surface area contributed by atoms with Crippen LogP contribution < -0.4 is 5.73 Å². The molecule has 0 aliphatic heterocycles. The highest BCUT2D eigenvalue weighted by atomic mass is 35.5. The Balaban J connectivity index is 2.08. The Morgan fingerprint density at radius 3 is 2.47 bits per heavy atom. The third-order valence-corrected chi connectivity index (χ3v) is 4.11. The van der Waals surface area contributed by atoms with Gasteiger partial charge in [0.1, 0.15) is 0 Å². The number of hydrogen-bond donors (Lipinski definition) is 2. The second-order valence-electron chi connectivity index (χ2n) is 4.94. The molecule has 3 heteroatoms. The lowest BCUT2D eigenvalue weighted by atomic mass is 9.81. The highest BCUT2D eigenvalue weighted by Gasteiger charge is 2.28. The molecule has 1 fully saturated rings. The van der Waals surface area contributed by atoms with Crippen LogP contribution in [0.25, 0.3) is 0 Å². The van der Waals surface area contributed by atoms with Gasteiger partial charge in [0.15, 0.2) is 0 Å². The topological polar surface area (TPSA) is 46.2 Å². The molecule has 1 aliphatic carbocycles. The number of nitrogens with two attached hydrogens (primary N) is 1. The van der Waals surface area contributed by atoms with Crippen molar-refractivity contribution >= 4 is 11.6 Å². The van der Waals surface area contributed by atoms with Gasteiger partial charge in [-0.15, -0.1) is 0 Å². The molecule has 3 N–H and O–H groups in total. The summed E-state index contributed by atoms with van der Waals surface area (Å²) in [5.74, 6) is 0.329. The molecule has 0 amide bonds. The number of halogens is 1. The third-order valence-electron chi connectivity index (χ3n) is 3.77. The van der Waals surface area contributed by atoms with Crippen LogP contribution >= 0.6 is 11.6 Å². The van der Waals surface area contributed by atoms with Crippen molar-refractivity contribution in [3.05, 3.63) is 34.9 Å². The number of aliphatic hydroxyl groups excluding tert-OH is 1. The molecule has 0 bridgehead atoms. The third kappa shape index (κ3) is 3.01. The van der Waals surface area contributed by atoms with Crippen molar-refractivity contribution in [2.75, 3.05) is 0 Å². The zero-order chi connectivity index (χ0) is 12.3. The number of hydrogen-bond acceptors (Lipinski definition) is 2. The summed E-state index contributed by atoms with van der Waals surface area (Å²) in [5.41, 5.74) is 6.99. The van der Waals surface area contributed by atoms with Gasteiger partial charge in [-0.05, 0) is 30.4 Å². The molecule has 0 unspecified atom stereocenters. The van der Waals surface area contributed by atoms with Crippen LogP contribution in [0.1, 0.15) is 43.7 Å². The van der Waals surface area contributed by atoms with Gasteiger partial charge in [0.05, 0.1) is 12.1 Å². The minimum Gasteiger partial charge on any atom is -0.391 e. The van der Waals surface area contributed by atoms with Crippen LogP contribution in [0.3, 0.4) is 0 Å². The Kier molecular flexibility index (Phi) is 4.43. The standard InChI is InChI=1S/C14H20ClNO/c15-12-9-5-4-8-11(12)13(16)14(17)10-6-2-1-3-7-10/h4-5,8-10,13-14,17H,1-3,6-7,16H2/t13-,14+/m1/s1. The molecule has 0 saturated heterocycles. The zero-order valence-electron chi connectivity index (χ0n) is 9.98. The monoisotopic (exact) mass is 253 g/mol. The lowest BCUT2D eigenvalue weighted by Gasteiger charge is -2.30. The second-order valence-corrected chi connectivity index (χ2v) is 5.34. The van der Waals surface area contributed by atoms with E-state index in [1.165, 1.54) is 19.3 Å². The molecule has 0 heterocycles. The molecule has 17 heavy (non-hydrogen) atoms. The fourth-order valence-electron chi connectivity index (χ4n) is 2.70. The minimum atomic E-state index is -0.477. The van der Waals surface area contributed by atoms with E-state index in [2.05, 4.69) is 0 Å². The summed E-state index contributed by atoms with van der Waals surface area (Å²) in [6, 6.07) is 7.15. The molecule has 1 saturated carbocycles. The molecule has 0 radical (unpaired) electrons. The maximum Gasteiger partial charge on any atom is 0.0761 e. The van der Waals surface area contributed by atoms with E-state index in [0.29, 0.717) is 10.9 Å². The molecule has 1 aliphatic rings. The van der Waals surface area contributed by atoms with Gasteiger partial charge >= 0.3 is 0 Å². The van der Waals surface area contributed by atoms with Crippen molar-refractivity contribution in [2.45, 2.75) is 44.2 Å². The first-order valence-corrected chi connectivity index (χ1v) is 6.76. The van der Waals surface area contributed by atoms with E-state index in [0.717, 1.165) is 18.4 Å². The van der Waals surface area contributed by atoms with Crippen molar-refractivity contribution in [2.24, 2.45) is 11.7 Å². The fourth-order valence-corrected chi connectivity index (χ4v) is 2.96. The summed E-state index contributed by atoms with van der Waals surface area (Å²) in [5, 5.41) is 11.0. The van der Waals surface area contributed by atoms with E-state index in [1.807, 2.05) is 24.3 Å². The number of aliphatic hydroxyl groups is 1. The Morgan fingerprint density at radius 2 is 1.82 bits per heavy atom. The summed E-state index contributed by atoms with van der Waals surface area (Å²) in [6.45, 7) is 0. The van der Waals surface area contributed by atoms with Crippen LogP contribution in [0.2, 0.25) is 5.02 Å². The first-order valence-electron chi connectivity index (χ1n) is 6.38. The maximum atomic E-state index is 10.3. The summed E-state index contributed by atoms with van der Waals surface area (Å²) < 4.78 is 0. The zero-order valence-corrected chi connectivity index (χ0v) is 10.7. The van der Waals surface area contributed by atoms with E-state index in [4.69, 9.17) is 17.3 Å². The molecular weight excluding hydrogens is 234 g/mol. The Bertz CT molecular complexity index is 363. The van der Waals surface area contributed by atoms with Crippen molar-refractivity contribution in [3.8, 4) is 0 Å². The quantitative estimate of drug-likeness (QED) is 0.869. The number of benzene rings is 1. The van der Waals surface area contributed by atoms with Crippen molar-refractivity contribution < 1.29 is 5.11 Å². The van der Waals surface area contributed by atoms with Crippen molar-refractivity contribution in [1.82, 2.24) is 0 Å². The van der Waals surface area contributed by atoms with Gasteiger partial charge in [0, 0.05) is 5.02 Å². The molecule has 0 aromatic heterocycles. The Labute approximate surface area is 108 Å². The Morgan fingerprint density at radius 1 is 1.18 bits per heavy atom. The van der Waals surface area contributed by atoms with E-state index < -0.39 is 6.10 Å². The van der Waals surface area contributed by atoms with Crippen molar-refractivity contribution in [3.63, 3.8) is 0 Å².